The number of rotatable bonds is 2. The molecule has 0 fully saturated rings. The fourth-order valence-electron chi connectivity index (χ4n) is 1.13. The van der Waals surface area contributed by atoms with Gasteiger partial charge in [-0.15, -0.1) is 0 Å². The van der Waals surface area contributed by atoms with Crippen molar-refractivity contribution in [2.24, 2.45) is 0 Å². The second kappa shape index (κ2) is 6.95. The predicted octanol–water partition coefficient (Wildman–Crippen LogP) is 2.70. The van der Waals surface area contributed by atoms with Gasteiger partial charge in [-0.1, -0.05) is 42.5 Å². The Labute approximate surface area is 99.3 Å². The number of phenolic OH excluding ortho intramolecular Hbond substituents is 1. The van der Waals surface area contributed by atoms with Crippen LogP contribution in [0.15, 0.2) is 54.6 Å². The van der Waals surface area contributed by atoms with Gasteiger partial charge in [0.2, 0.25) is 0 Å². The molecule has 0 aliphatic carbocycles. The predicted molar refractivity (Wildman–Crippen MR) is 65.3 cm³/mol. The molecule has 17 heavy (non-hydrogen) atoms. The molecule has 2 aromatic rings. The van der Waals surface area contributed by atoms with Crippen molar-refractivity contribution in [3.8, 4) is 5.75 Å². The smallest absolute Gasteiger partial charge is 0.150 e. The summed E-state index contributed by atoms with van der Waals surface area (Å²) in [6.45, 7) is 0. The average molecular weight is 228 g/mol. The summed E-state index contributed by atoms with van der Waals surface area (Å²) >= 11 is 0. The Balaban J connectivity index is 0.000000171. The van der Waals surface area contributed by atoms with Crippen molar-refractivity contribution in [1.29, 1.82) is 0 Å². The van der Waals surface area contributed by atoms with Gasteiger partial charge in [0.15, 0.2) is 0 Å². The van der Waals surface area contributed by atoms with Crippen LogP contribution >= 0.6 is 0 Å². The van der Waals surface area contributed by atoms with Crippen molar-refractivity contribution in [3.63, 3.8) is 0 Å². The first-order valence-corrected chi connectivity index (χ1v) is 5.00. The van der Waals surface area contributed by atoms with Gasteiger partial charge in [0, 0.05) is 11.1 Å². The normalized spacial score (nSPS) is 8.71. The zero-order valence-electron chi connectivity index (χ0n) is 9.11. The Kier molecular flexibility index (Phi) is 5.17. The topological polar surface area (TPSA) is 54.4 Å². The number of hydrogen-bond donors (Lipinski definition) is 1. The number of phenols is 1. The van der Waals surface area contributed by atoms with Crippen LogP contribution in [0.1, 0.15) is 20.7 Å². The molecule has 0 radical (unpaired) electrons. The summed E-state index contributed by atoms with van der Waals surface area (Å²) in [5, 5.41) is 8.79. The maximum absolute atomic E-state index is 10.0. The molecule has 2 rings (SSSR count). The van der Waals surface area contributed by atoms with E-state index in [0.717, 1.165) is 11.8 Å². The highest BCUT2D eigenvalue weighted by molar-refractivity contribution is 5.75. The maximum atomic E-state index is 10.0. The summed E-state index contributed by atoms with van der Waals surface area (Å²) in [5.41, 5.74) is 1.22. The fourth-order valence-corrected chi connectivity index (χ4v) is 1.13. The molecule has 1 N–H and O–H groups in total. The van der Waals surface area contributed by atoms with Gasteiger partial charge < -0.3 is 5.11 Å². The number of benzene rings is 2. The molecule has 0 amide bonds. The molecular formula is C14H12O3. The molecule has 0 unspecified atom stereocenters. The van der Waals surface area contributed by atoms with Gasteiger partial charge >= 0.3 is 0 Å². The van der Waals surface area contributed by atoms with Gasteiger partial charge in [-0.3, -0.25) is 9.59 Å². The highest BCUT2D eigenvalue weighted by Gasteiger charge is 1.88. The number of aromatic hydroxyl groups is 1. The molecule has 0 bridgehead atoms. The number of aldehydes is 2. The summed E-state index contributed by atoms with van der Waals surface area (Å²) < 4.78 is 0. The van der Waals surface area contributed by atoms with Crippen LogP contribution in [0.3, 0.4) is 0 Å². The number of carbonyl (C=O) groups is 2. The molecule has 0 saturated carbocycles. The van der Waals surface area contributed by atoms with Crippen LogP contribution < -0.4 is 0 Å². The van der Waals surface area contributed by atoms with E-state index >= 15 is 0 Å². The highest BCUT2D eigenvalue weighted by Crippen LogP contribution is 2.07. The Morgan fingerprint density at radius 3 is 1.76 bits per heavy atom. The Hall–Kier alpha value is -2.42. The molecule has 0 aromatic heterocycles. The first kappa shape index (κ1) is 12.6. The molecule has 2 aromatic carbocycles. The van der Waals surface area contributed by atoms with E-state index in [2.05, 4.69) is 0 Å². The van der Waals surface area contributed by atoms with E-state index in [1.54, 1.807) is 24.3 Å². The van der Waals surface area contributed by atoms with Crippen LogP contribution in [-0.2, 0) is 0 Å². The summed E-state index contributed by atoms with van der Waals surface area (Å²) in [7, 11) is 0. The van der Waals surface area contributed by atoms with E-state index in [0.29, 0.717) is 11.8 Å². The summed E-state index contributed by atoms with van der Waals surface area (Å²) in [6, 6.07) is 15.3. The standard InChI is InChI=1S/C7H6O2.C7H6O/c8-5-6-2-1-3-7(9)4-6;8-6-7-4-2-1-3-5-7/h1-5,9H;1-6H. The first-order chi connectivity index (χ1) is 8.26. The lowest BCUT2D eigenvalue weighted by molar-refractivity contribution is 0.111. The quantitative estimate of drug-likeness (QED) is 0.804. The first-order valence-electron chi connectivity index (χ1n) is 5.00. The molecule has 0 aliphatic heterocycles. The lowest BCUT2D eigenvalue weighted by atomic mass is 10.2. The lowest BCUT2D eigenvalue weighted by Crippen LogP contribution is -1.75. The monoisotopic (exact) mass is 228 g/mol. The van der Waals surface area contributed by atoms with Gasteiger partial charge in [-0.05, 0) is 12.1 Å². The minimum Gasteiger partial charge on any atom is -0.508 e. The van der Waals surface area contributed by atoms with Crippen molar-refractivity contribution >= 4 is 12.6 Å². The van der Waals surface area contributed by atoms with Crippen LogP contribution in [0.4, 0.5) is 0 Å². The van der Waals surface area contributed by atoms with Crippen LogP contribution in [-0.4, -0.2) is 17.7 Å². The van der Waals surface area contributed by atoms with E-state index in [-0.39, 0.29) is 5.75 Å². The van der Waals surface area contributed by atoms with Gasteiger partial charge in [0.25, 0.3) is 0 Å². The van der Waals surface area contributed by atoms with Crippen molar-refractivity contribution in [1.82, 2.24) is 0 Å². The third-order valence-electron chi connectivity index (χ3n) is 1.94. The fraction of sp³-hybridized carbons (Fsp3) is 0. The van der Waals surface area contributed by atoms with E-state index in [1.807, 2.05) is 18.2 Å². The zero-order chi connectivity index (χ0) is 12.5. The number of carbonyl (C=O) groups excluding carboxylic acids is 2. The second-order valence-corrected chi connectivity index (χ2v) is 3.24. The molecule has 0 heterocycles. The molecule has 86 valence electrons. The molecular weight excluding hydrogens is 216 g/mol. The van der Waals surface area contributed by atoms with Crippen LogP contribution in [0.5, 0.6) is 5.75 Å². The van der Waals surface area contributed by atoms with E-state index in [9.17, 15) is 9.59 Å². The van der Waals surface area contributed by atoms with Gasteiger partial charge in [-0.2, -0.15) is 0 Å². The van der Waals surface area contributed by atoms with E-state index in [1.165, 1.54) is 12.1 Å². The SMILES string of the molecule is O=Cc1cccc(O)c1.O=Cc1ccccc1. The Morgan fingerprint density at radius 1 is 0.765 bits per heavy atom. The van der Waals surface area contributed by atoms with Crippen LogP contribution in [0, 0.1) is 0 Å². The van der Waals surface area contributed by atoms with Crippen molar-refractivity contribution in [3.05, 3.63) is 65.7 Å². The van der Waals surface area contributed by atoms with Gasteiger partial charge in [0.1, 0.15) is 18.3 Å². The molecule has 0 saturated heterocycles. The van der Waals surface area contributed by atoms with E-state index in [4.69, 9.17) is 5.11 Å². The molecule has 0 aliphatic rings. The van der Waals surface area contributed by atoms with Gasteiger partial charge in [0.05, 0.1) is 0 Å². The second-order valence-electron chi connectivity index (χ2n) is 3.24. The summed E-state index contributed by atoms with van der Waals surface area (Å²) in [4.78, 5) is 20.1. The zero-order valence-corrected chi connectivity index (χ0v) is 9.11. The Morgan fingerprint density at radius 2 is 1.35 bits per heavy atom. The van der Waals surface area contributed by atoms with Gasteiger partial charge in [-0.25, -0.2) is 0 Å². The third kappa shape index (κ3) is 4.75. The Bertz CT molecular complexity index is 478. The molecule has 0 atom stereocenters. The highest BCUT2D eigenvalue weighted by atomic mass is 16.3. The van der Waals surface area contributed by atoms with Crippen LogP contribution in [0.2, 0.25) is 0 Å². The summed E-state index contributed by atoms with van der Waals surface area (Å²) in [5.74, 6) is 0.125. The minimum absolute atomic E-state index is 0.125. The third-order valence-corrected chi connectivity index (χ3v) is 1.94. The molecule has 3 heteroatoms. The lowest BCUT2D eigenvalue weighted by Gasteiger charge is -1.89. The molecule has 3 nitrogen and oxygen atoms in total. The largest absolute Gasteiger partial charge is 0.508 e. The maximum Gasteiger partial charge on any atom is 0.150 e. The van der Waals surface area contributed by atoms with Crippen molar-refractivity contribution in [2.75, 3.05) is 0 Å². The minimum atomic E-state index is 0.125. The summed E-state index contributed by atoms with van der Waals surface area (Å²) in [6.07, 6.45) is 1.53. The average Bonchev–Trinajstić information content (AvgIpc) is 2.40. The van der Waals surface area contributed by atoms with E-state index < -0.39 is 0 Å². The van der Waals surface area contributed by atoms with Crippen molar-refractivity contribution in [2.45, 2.75) is 0 Å². The van der Waals surface area contributed by atoms with Crippen molar-refractivity contribution < 1.29 is 14.7 Å². The van der Waals surface area contributed by atoms with Crippen LogP contribution in [0.25, 0.3) is 0 Å². The molecule has 0 spiro atoms. The number of hydrogen-bond acceptors (Lipinski definition) is 3.